The Labute approximate surface area is 191 Å². The molecule has 2 heterocycles. The van der Waals surface area contributed by atoms with Crippen LogP contribution < -0.4 is 9.47 Å². The lowest BCUT2D eigenvalue weighted by Gasteiger charge is -2.34. The van der Waals surface area contributed by atoms with Crippen LogP contribution in [0.2, 0.25) is 5.15 Å². The van der Waals surface area contributed by atoms with Crippen LogP contribution in [-0.4, -0.2) is 68.9 Å². The van der Waals surface area contributed by atoms with Gasteiger partial charge in [-0.2, -0.15) is 4.31 Å². The number of hydrogen-bond donors (Lipinski definition) is 0. The Kier molecular flexibility index (Phi) is 6.23. The van der Waals surface area contributed by atoms with Crippen molar-refractivity contribution in [2.24, 2.45) is 0 Å². The summed E-state index contributed by atoms with van der Waals surface area (Å²) >= 11 is 6.25. The number of hydrogen-bond acceptors (Lipinski definition) is 6. The van der Waals surface area contributed by atoms with E-state index in [9.17, 15) is 13.2 Å². The van der Waals surface area contributed by atoms with Gasteiger partial charge in [-0.15, -0.1) is 0 Å². The van der Waals surface area contributed by atoms with E-state index in [1.165, 1.54) is 30.7 Å². The van der Waals surface area contributed by atoms with Gasteiger partial charge in [0, 0.05) is 37.6 Å². The molecule has 2 aromatic carbocycles. The van der Waals surface area contributed by atoms with Crippen LogP contribution in [0.15, 0.2) is 53.4 Å². The fourth-order valence-corrected chi connectivity index (χ4v) is 5.39. The molecule has 4 rings (SSSR count). The maximum absolute atomic E-state index is 13.1. The molecule has 8 nitrogen and oxygen atoms in total. The van der Waals surface area contributed by atoms with Crippen molar-refractivity contribution in [1.82, 2.24) is 14.2 Å². The second kappa shape index (κ2) is 8.93. The first-order chi connectivity index (χ1) is 15.3. The molecule has 0 saturated carbocycles. The number of pyridine rings is 1. The number of methoxy groups -OCH3 is 2. The van der Waals surface area contributed by atoms with E-state index in [0.29, 0.717) is 11.5 Å². The third-order valence-corrected chi connectivity index (χ3v) is 7.61. The Morgan fingerprint density at radius 1 is 0.969 bits per heavy atom. The monoisotopic (exact) mass is 475 g/mol. The fourth-order valence-electron chi connectivity index (χ4n) is 3.69. The third kappa shape index (κ3) is 4.11. The predicted molar refractivity (Wildman–Crippen MR) is 121 cm³/mol. The molecule has 0 radical (unpaired) electrons. The number of aromatic nitrogens is 1. The van der Waals surface area contributed by atoms with Crippen LogP contribution in [-0.2, 0) is 10.0 Å². The van der Waals surface area contributed by atoms with E-state index in [2.05, 4.69) is 4.98 Å². The van der Waals surface area contributed by atoms with Crippen molar-refractivity contribution in [1.29, 1.82) is 0 Å². The quantitative estimate of drug-likeness (QED) is 0.527. The minimum Gasteiger partial charge on any atom is -0.493 e. The maximum Gasteiger partial charge on any atom is 0.272 e. The van der Waals surface area contributed by atoms with E-state index >= 15 is 0 Å². The number of piperazine rings is 1. The van der Waals surface area contributed by atoms with Crippen molar-refractivity contribution in [3.63, 3.8) is 0 Å². The number of ether oxygens (including phenoxy) is 2. The van der Waals surface area contributed by atoms with Gasteiger partial charge >= 0.3 is 0 Å². The Morgan fingerprint density at radius 2 is 1.66 bits per heavy atom. The van der Waals surface area contributed by atoms with Crippen LogP contribution >= 0.6 is 11.6 Å². The first-order valence-corrected chi connectivity index (χ1v) is 11.7. The van der Waals surface area contributed by atoms with Crippen molar-refractivity contribution >= 4 is 38.3 Å². The van der Waals surface area contributed by atoms with E-state index < -0.39 is 10.0 Å². The second-order valence-electron chi connectivity index (χ2n) is 7.23. The molecule has 168 valence electrons. The Balaban J connectivity index is 1.50. The number of amides is 1. The highest BCUT2D eigenvalue weighted by molar-refractivity contribution is 7.89. The van der Waals surface area contributed by atoms with Crippen molar-refractivity contribution in [3.8, 4) is 11.5 Å². The van der Waals surface area contributed by atoms with Crippen molar-refractivity contribution < 1.29 is 22.7 Å². The summed E-state index contributed by atoms with van der Waals surface area (Å²) in [6, 6.07) is 13.6. The van der Waals surface area contributed by atoms with Gasteiger partial charge in [-0.25, -0.2) is 13.4 Å². The largest absolute Gasteiger partial charge is 0.493 e. The van der Waals surface area contributed by atoms with Gasteiger partial charge in [0.15, 0.2) is 11.5 Å². The molecule has 0 N–H and O–H groups in total. The lowest BCUT2D eigenvalue weighted by Crippen LogP contribution is -2.50. The summed E-state index contributed by atoms with van der Waals surface area (Å²) in [5.74, 6) is 0.505. The van der Waals surface area contributed by atoms with Gasteiger partial charge in [0.2, 0.25) is 10.0 Å². The molecule has 0 unspecified atom stereocenters. The van der Waals surface area contributed by atoms with Crippen LogP contribution in [0, 0.1) is 0 Å². The minimum absolute atomic E-state index is 0.109. The van der Waals surface area contributed by atoms with E-state index in [-0.39, 0.29) is 47.8 Å². The normalized spacial score (nSPS) is 15.0. The number of carbonyl (C=O) groups is 1. The molecule has 3 aromatic rings. The Morgan fingerprint density at radius 3 is 2.34 bits per heavy atom. The number of sulfonamides is 1. The molecule has 1 aliphatic heterocycles. The molecule has 1 aliphatic rings. The van der Waals surface area contributed by atoms with Crippen LogP contribution in [0.4, 0.5) is 0 Å². The van der Waals surface area contributed by atoms with Gasteiger partial charge in [-0.1, -0.05) is 35.9 Å². The van der Waals surface area contributed by atoms with E-state index in [1.807, 2.05) is 24.3 Å². The van der Waals surface area contributed by atoms with Crippen molar-refractivity contribution in [3.05, 3.63) is 59.4 Å². The molecule has 1 amide bonds. The smallest absolute Gasteiger partial charge is 0.272 e. The van der Waals surface area contributed by atoms with Gasteiger partial charge in [0.1, 0.15) is 10.8 Å². The van der Waals surface area contributed by atoms with Gasteiger partial charge in [0.05, 0.1) is 19.1 Å². The maximum atomic E-state index is 13.1. The molecule has 0 bridgehead atoms. The van der Waals surface area contributed by atoms with Crippen LogP contribution in [0.5, 0.6) is 11.5 Å². The molecule has 32 heavy (non-hydrogen) atoms. The van der Waals surface area contributed by atoms with Crippen LogP contribution in [0.1, 0.15) is 10.5 Å². The average molecular weight is 476 g/mol. The SMILES string of the molecule is COc1ccc(S(=O)(=O)N2CCN(C(=O)c3cc4ccccc4c(Cl)n3)CC2)cc1OC. The predicted octanol–water partition coefficient (Wildman–Crippen LogP) is 3.05. The molecule has 0 atom stereocenters. The molecule has 10 heteroatoms. The molecule has 1 aromatic heterocycles. The number of carbonyl (C=O) groups excluding carboxylic acids is 1. The topological polar surface area (TPSA) is 89.0 Å². The average Bonchev–Trinajstić information content (AvgIpc) is 2.83. The number of fused-ring (bicyclic) bond motifs is 1. The van der Waals surface area contributed by atoms with E-state index in [1.54, 1.807) is 17.0 Å². The zero-order valence-electron chi connectivity index (χ0n) is 17.6. The highest BCUT2D eigenvalue weighted by atomic mass is 35.5. The fraction of sp³-hybridized carbons (Fsp3) is 0.273. The standard InChI is InChI=1S/C22H22ClN3O5S/c1-30-19-8-7-16(14-20(19)31-2)32(28,29)26-11-9-25(10-12-26)22(27)18-13-15-5-3-4-6-17(15)21(23)24-18/h3-8,13-14H,9-12H2,1-2H3. The minimum atomic E-state index is -3.75. The van der Waals surface area contributed by atoms with Crippen LogP contribution in [0.3, 0.4) is 0 Å². The highest BCUT2D eigenvalue weighted by Gasteiger charge is 2.31. The summed E-state index contributed by atoms with van der Waals surface area (Å²) in [5, 5.41) is 1.86. The van der Waals surface area contributed by atoms with E-state index in [0.717, 1.165) is 10.8 Å². The first kappa shape index (κ1) is 22.3. The molecule has 1 fully saturated rings. The number of rotatable bonds is 5. The van der Waals surface area contributed by atoms with Crippen LogP contribution in [0.25, 0.3) is 10.8 Å². The summed E-state index contributed by atoms with van der Waals surface area (Å²) in [6.07, 6.45) is 0. The summed E-state index contributed by atoms with van der Waals surface area (Å²) in [4.78, 5) is 18.9. The summed E-state index contributed by atoms with van der Waals surface area (Å²) in [7, 11) is -0.810. The van der Waals surface area contributed by atoms with E-state index in [4.69, 9.17) is 21.1 Å². The summed E-state index contributed by atoms with van der Waals surface area (Å²) in [6.45, 7) is 0.836. The lowest BCUT2D eigenvalue weighted by molar-refractivity contribution is 0.0692. The second-order valence-corrected chi connectivity index (χ2v) is 9.53. The molecule has 0 aliphatic carbocycles. The van der Waals surface area contributed by atoms with Gasteiger partial charge in [0.25, 0.3) is 5.91 Å². The third-order valence-electron chi connectivity index (χ3n) is 5.43. The van der Waals surface area contributed by atoms with Crippen molar-refractivity contribution in [2.45, 2.75) is 4.90 Å². The Bertz CT molecular complexity index is 1270. The number of benzene rings is 2. The number of nitrogens with zero attached hydrogens (tertiary/aromatic N) is 3. The zero-order valence-corrected chi connectivity index (χ0v) is 19.2. The number of halogens is 1. The van der Waals surface area contributed by atoms with Gasteiger partial charge in [-0.3, -0.25) is 4.79 Å². The Hall–Kier alpha value is -2.88. The molecular formula is C22H22ClN3O5S. The first-order valence-electron chi connectivity index (χ1n) is 9.92. The lowest BCUT2D eigenvalue weighted by atomic mass is 10.1. The van der Waals surface area contributed by atoms with Gasteiger partial charge < -0.3 is 14.4 Å². The molecular weight excluding hydrogens is 454 g/mol. The summed E-state index contributed by atoms with van der Waals surface area (Å²) in [5.41, 5.74) is 0.241. The molecule has 1 saturated heterocycles. The molecule has 0 spiro atoms. The zero-order chi connectivity index (χ0) is 22.9. The summed E-state index contributed by atoms with van der Waals surface area (Å²) < 4.78 is 37.9. The van der Waals surface area contributed by atoms with Crippen molar-refractivity contribution in [2.75, 3.05) is 40.4 Å². The highest BCUT2D eigenvalue weighted by Crippen LogP contribution is 2.31. The van der Waals surface area contributed by atoms with Gasteiger partial charge in [-0.05, 0) is 23.6 Å².